The van der Waals surface area contributed by atoms with Gasteiger partial charge in [-0.15, -0.1) is 0 Å². The number of hydrogen-bond donors (Lipinski definition) is 2. The number of benzene rings is 1. The van der Waals surface area contributed by atoms with E-state index in [9.17, 15) is 0 Å². The summed E-state index contributed by atoms with van der Waals surface area (Å²) in [5.41, 5.74) is 0.881. The van der Waals surface area contributed by atoms with Crippen molar-refractivity contribution in [3.05, 3.63) is 23.8 Å². The van der Waals surface area contributed by atoms with Gasteiger partial charge in [-0.1, -0.05) is 0 Å². The van der Waals surface area contributed by atoms with E-state index in [2.05, 4.69) is 0 Å². The molecule has 0 aliphatic carbocycles. The fourth-order valence-corrected chi connectivity index (χ4v) is 1.14. The van der Waals surface area contributed by atoms with E-state index in [0.29, 0.717) is 19.6 Å². The van der Waals surface area contributed by atoms with Crippen LogP contribution in [0, 0.1) is 0 Å². The minimum atomic E-state index is 0.0894. The second kappa shape index (κ2) is 4.72. The molecule has 0 aliphatic rings. The number of phenols is 2. The van der Waals surface area contributed by atoms with Crippen molar-refractivity contribution in [2.24, 2.45) is 0 Å². The highest BCUT2D eigenvalue weighted by atomic mass is 16.5. The van der Waals surface area contributed by atoms with Crippen LogP contribution in [0.5, 0.6) is 11.5 Å². The average molecular weight is 182 g/mol. The van der Waals surface area contributed by atoms with Crippen LogP contribution in [0.15, 0.2) is 18.2 Å². The smallest absolute Gasteiger partial charge is 0.119 e. The SMILES string of the molecule is CCOCCc1cc(O)cc(O)c1. The van der Waals surface area contributed by atoms with Crippen LogP contribution in [0.3, 0.4) is 0 Å². The average Bonchev–Trinajstić information content (AvgIpc) is 2.03. The van der Waals surface area contributed by atoms with Crippen molar-refractivity contribution in [3.63, 3.8) is 0 Å². The van der Waals surface area contributed by atoms with Crippen molar-refractivity contribution in [2.45, 2.75) is 13.3 Å². The van der Waals surface area contributed by atoms with E-state index in [1.54, 1.807) is 12.1 Å². The molecule has 3 nitrogen and oxygen atoms in total. The highest BCUT2D eigenvalue weighted by molar-refractivity contribution is 5.36. The van der Waals surface area contributed by atoms with Gasteiger partial charge < -0.3 is 14.9 Å². The van der Waals surface area contributed by atoms with Gasteiger partial charge in [0.05, 0.1) is 6.61 Å². The monoisotopic (exact) mass is 182 g/mol. The fraction of sp³-hybridized carbons (Fsp3) is 0.400. The summed E-state index contributed by atoms with van der Waals surface area (Å²) >= 11 is 0. The Balaban J connectivity index is 2.56. The summed E-state index contributed by atoms with van der Waals surface area (Å²) < 4.78 is 5.15. The zero-order chi connectivity index (χ0) is 9.68. The lowest BCUT2D eigenvalue weighted by molar-refractivity contribution is 0.151. The van der Waals surface area contributed by atoms with Gasteiger partial charge in [0.15, 0.2) is 0 Å². The summed E-state index contributed by atoms with van der Waals surface area (Å²) in [4.78, 5) is 0. The van der Waals surface area contributed by atoms with E-state index in [1.165, 1.54) is 6.07 Å². The molecule has 72 valence electrons. The summed E-state index contributed by atoms with van der Waals surface area (Å²) in [6.07, 6.45) is 0.704. The quantitative estimate of drug-likeness (QED) is 0.696. The van der Waals surface area contributed by atoms with Gasteiger partial charge in [-0.3, -0.25) is 0 Å². The molecule has 0 saturated carbocycles. The Morgan fingerprint density at radius 3 is 2.31 bits per heavy atom. The van der Waals surface area contributed by atoms with Crippen LogP contribution in [0.1, 0.15) is 12.5 Å². The van der Waals surface area contributed by atoms with Crippen LogP contribution in [0.25, 0.3) is 0 Å². The molecular weight excluding hydrogens is 168 g/mol. The molecule has 1 rings (SSSR count). The summed E-state index contributed by atoms with van der Waals surface area (Å²) in [5, 5.41) is 18.3. The van der Waals surface area contributed by atoms with Crippen molar-refractivity contribution in [1.82, 2.24) is 0 Å². The van der Waals surface area contributed by atoms with E-state index < -0.39 is 0 Å². The molecule has 0 radical (unpaired) electrons. The summed E-state index contributed by atoms with van der Waals surface area (Å²) in [5.74, 6) is 0.179. The zero-order valence-corrected chi connectivity index (χ0v) is 7.66. The molecule has 0 saturated heterocycles. The van der Waals surface area contributed by atoms with Gasteiger partial charge in [0.2, 0.25) is 0 Å². The molecule has 3 heteroatoms. The first-order valence-corrected chi connectivity index (χ1v) is 4.32. The van der Waals surface area contributed by atoms with Crippen LogP contribution in [-0.2, 0) is 11.2 Å². The van der Waals surface area contributed by atoms with Gasteiger partial charge in [-0.25, -0.2) is 0 Å². The van der Waals surface area contributed by atoms with E-state index >= 15 is 0 Å². The fourth-order valence-electron chi connectivity index (χ4n) is 1.14. The second-order valence-electron chi connectivity index (χ2n) is 2.80. The highest BCUT2D eigenvalue weighted by Gasteiger charge is 1.98. The molecule has 13 heavy (non-hydrogen) atoms. The van der Waals surface area contributed by atoms with Crippen molar-refractivity contribution >= 4 is 0 Å². The van der Waals surface area contributed by atoms with Crippen LogP contribution in [-0.4, -0.2) is 23.4 Å². The molecule has 0 atom stereocenters. The van der Waals surface area contributed by atoms with Gasteiger partial charge in [0.1, 0.15) is 11.5 Å². The van der Waals surface area contributed by atoms with Crippen molar-refractivity contribution in [1.29, 1.82) is 0 Å². The Bertz CT molecular complexity index is 251. The summed E-state index contributed by atoms with van der Waals surface area (Å²) in [6.45, 7) is 3.23. The van der Waals surface area contributed by atoms with Gasteiger partial charge in [0, 0.05) is 12.7 Å². The van der Waals surface area contributed by atoms with Crippen LogP contribution >= 0.6 is 0 Å². The summed E-state index contributed by atoms with van der Waals surface area (Å²) in [6, 6.07) is 4.56. The highest BCUT2D eigenvalue weighted by Crippen LogP contribution is 2.20. The van der Waals surface area contributed by atoms with E-state index in [1.807, 2.05) is 6.92 Å². The standard InChI is InChI=1S/C10H14O3/c1-2-13-4-3-8-5-9(11)7-10(12)6-8/h5-7,11-12H,2-4H2,1H3. The molecule has 0 heterocycles. The Kier molecular flexibility index (Phi) is 3.58. The molecule has 1 aromatic rings. The third-order valence-electron chi connectivity index (χ3n) is 1.70. The third-order valence-corrected chi connectivity index (χ3v) is 1.70. The molecule has 0 amide bonds. The first kappa shape index (κ1) is 9.86. The minimum Gasteiger partial charge on any atom is -0.508 e. The van der Waals surface area contributed by atoms with Gasteiger partial charge in [-0.2, -0.15) is 0 Å². The van der Waals surface area contributed by atoms with E-state index in [0.717, 1.165) is 5.56 Å². The molecule has 0 spiro atoms. The first-order chi connectivity index (χ1) is 6.22. The molecular formula is C10H14O3. The third kappa shape index (κ3) is 3.34. The van der Waals surface area contributed by atoms with Crippen LogP contribution < -0.4 is 0 Å². The molecule has 0 aromatic heterocycles. The number of rotatable bonds is 4. The molecule has 0 fully saturated rings. The van der Waals surface area contributed by atoms with Gasteiger partial charge in [0.25, 0.3) is 0 Å². The van der Waals surface area contributed by atoms with Crippen molar-refractivity contribution in [3.8, 4) is 11.5 Å². The Morgan fingerprint density at radius 1 is 1.15 bits per heavy atom. The van der Waals surface area contributed by atoms with Crippen LogP contribution in [0.2, 0.25) is 0 Å². The normalized spacial score (nSPS) is 10.2. The lowest BCUT2D eigenvalue weighted by atomic mass is 10.1. The topological polar surface area (TPSA) is 49.7 Å². The Labute approximate surface area is 77.6 Å². The largest absolute Gasteiger partial charge is 0.508 e. The van der Waals surface area contributed by atoms with Crippen LogP contribution in [0.4, 0.5) is 0 Å². The predicted octanol–water partition coefficient (Wildman–Crippen LogP) is 1.68. The number of aromatic hydroxyl groups is 2. The molecule has 0 aliphatic heterocycles. The van der Waals surface area contributed by atoms with Gasteiger partial charge >= 0.3 is 0 Å². The predicted molar refractivity (Wildman–Crippen MR) is 50.0 cm³/mol. The summed E-state index contributed by atoms with van der Waals surface area (Å²) in [7, 11) is 0. The first-order valence-electron chi connectivity index (χ1n) is 4.32. The maximum absolute atomic E-state index is 9.15. The second-order valence-corrected chi connectivity index (χ2v) is 2.80. The molecule has 0 unspecified atom stereocenters. The van der Waals surface area contributed by atoms with Crippen molar-refractivity contribution in [2.75, 3.05) is 13.2 Å². The van der Waals surface area contributed by atoms with E-state index in [-0.39, 0.29) is 11.5 Å². The molecule has 1 aromatic carbocycles. The number of hydrogen-bond acceptors (Lipinski definition) is 3. The number of phenolic OH excluding ortho intramolecular Hbond substituents is 2. The Hall–Kier alpha value is -1.22. The maximum atomic E-state index is 9.15. The van der Waals surface area contributed by atoms with Crippen molar-refractivity contribution < 1.29 is 14.9 Å². The minimum absolute atomic E-state index is 0.0894. The molecule has 2 N–H and O–H groups in total. The molecule has 0 bridgehead atoms. The van der Waals surface area contributed by atoms with E-state index in [4.69, 9.17) is 14.9 Å². The number of ether oxygens (including phenoxy) is 1. The lowest BCUT2D eigenvalue weighted by Gasteiger charge is -2.03. The Morgan fingerprint density at radius 2 is 1.77 bits per heavy atom. The maximum Gasteiger partial charge on any atom is 0.119 e. The lowest BCUT2D eigenvalue weighted by Crippen LogP contribution is -1.97. The zero-order valence-electron chi connectivity index (χ0n) is 7.66. The van der Waals surface area contributed by atoms with Gasteiger partial charge in [-0.05, 0) is 31.0 Å².